The van der Waals surface area contributed by atoms with E-state index in [0.717, 1.165) is 30.4 Å². The summed E-state index contributed by atoms with van der Waals surface area (Å²) in [5.41, 5.74) is 2.53. The minimum absolute atomic E-state index is 0.0370. The molecule has 0 aromatic heterocycles. The van der Waals surface area contributed by atoms with Gasteiger partial charge in [0.2, 0.25) is 5.91 Å². The lowest BCUT2D eigenvalue weighted by Crippen LogP contribution is -2.15. The molecule has 2 aromatic rings. The molecule has 1 saturated carbocycles. The van der Waals surface area contributed by atoms with Crippen LogP contribution in [0.2, 0.25) is 0 Å². The highest BCUT2D eigenvalue weighted by atomic mass is 19.2. The lowest BCUT2D eigenvalue weighted by Gasteiger charge is -2.08. The van der Waals surface area contributed by atoms with Gasteiger partial charge < -0.3 is 10.6 Å². The third kappa shape index (κ3) is 3.79. The second kappa shape index (κ2) is 7.09. The summed E-state index contributed by atoms with van der Waals surface area (Å²) in [6, 6.07) is 11.5. The number of rotatable bonds is 6. The molecule has 2 unspecified atom stereocenters. The normalized spacial score (nSPS) is 19.1. The average molecular weight is 330 g/mol. The van der Waals surface area contributed by atoms with Crippen LogP contribution in [0.15, 0.2) is 42.5 Å². The Balaban J connectivity index is 1.61. The van der Waals surface area contributed by atoms with Crippen LogP contribution in [0.1, 0.15) is 30.4 Å². The lowest BCUT2D eigenvalue weighted by molar-refractivity contribution is -0.117. The topological polar surface area (TPSA) is 41.1 Å². The van der Waals surface area contributed by atoms with Crippen molar-refractivity contribution < 1.29 is 13.6 Å². The van der Waals surface area contributed by atoms with Gasteiger partial charge in [-0.25, -0.2) is 8.78 Å². The van der Waals surface area contributed by atoms with Crippen LogP contribution in [0.4, 0.5) is 14.5 Å². The number of carbonyl (C=O) groups is 1. The van der Waals surface area contributed by atoms with E-state index < -0.39 is 11.6 Å². The summed E-state index contributed by atoms with van der Waals surface area (Å²) < 4.78 is 26.3. The number of hydrogen-bond acceptors (Lipinski definition) is 2. The zero-order valence-electron chi connectivity index (χ0n) is 13.5. The fourth-order valence-corrected chi connectivity index (χ4v) is 2.86. The first-order valence-corrected chi connectivity index (χ1v) is 8.14. The molecule has 126 valence electrons. The minimum Gasteiger partial charge on any atom is -0.326 e. The summed E-state index contributed by atoms with van der Waals surface area (Å²) in [4.78, 5) is 12.3. The molecule has 0 saturated heterocycles. The molecule has 3 nitrogen and oxygen atoms in total. The standard InChI is InChI=1S/C19H20F2N2O/c1-2-22-11-12-4-3-5-14(8-12)23-19(24)16-10-15(16)13-6-7-17(20)18(21)9-13/h3-9,15-16,22H,2,10-11H2,1H3,(H,23,24). The zero-order chi connectivity index (χ0) is 17.1. The van der Waals surface area contributed by atoms with Crippen LogP contribution in [0.3, 0.4) is 0 Å². The molecule has 2 aromatic carbocycles. The summed E-state index contributed by atoms with van der Waals surface area (Å²) in [6.07, 6.45) is 0.661. The largest absolute Gasteiger partial charge is 0.326 e. The van der Waals surface area contributed by atoms with Gasteiger partial charge >= 0.3 is 0 Å². The van der Waals surface area contributed by atoms with Gasteiger partial charge in [0.15, 0.2) is 11.6 Å². The second-order valence-electron chi connectivity index (χ2n) is 6.09. The first kappa shape index (κ1) is 16.6. The van der Waals surface area contributed by atoms with E-state index in [4.69, 9.17) is 0 Å². The third-order valence-electron chi connectivity index (χ3n) is 4.27. The zero-order valence-corrected chi connectivity index (χ0v) is 13.5. The predicted octanol–water partition coefficient (Wildman–Crippen LogP) is 3.82. The van der Waals surface area contributed by atoms with E-state index in [1.165, 1.54) is 6.07 Å². The van der Waals surface area contributed by atoms with Crippen molar-refractivity contribution in [3.8, 4) is 0 Å². The number of hydrogen-bond donors (Lipinski definition) is 2. The highest BCUT2D eigenvalue weighted by Gasteiger charge is 2.44. The molecule has 3 rings (SSSR count). The molecular formula is C19H20F2N2O. The number of halogens is 2. The smallest absolute Gasteiger partial charge is 0.228 e. The number of carbonyl (C=O) groups excluding carboxylic acids is 1. The Labute approximate surface area is 140 Å². The highest BCUT2D eigenvalue weighted by molar-refractivity contribution is 5.95. The van der Waals surface area contributed by atoms with Crippen molar-refractivity contribution in [1.29, 1.82) is 0 Å². The Morgan fingerprint density at radius 1 is 1.17 bits per heavy atom. The summed E-state index contributed by atoms with van der Waals surface area (Å²) in [5, 5.41) is 6.15. The number of benzene rings is 2. The van der Waals surface area contributed by atoms with Crippen LogP contribution in [-0.4, -0.2) is 12.5 Å². The van der Waals surface area contributed by atoms with Crippen molar-refractivity contribution in [2.45, 2.75) is 25.8 Å². The quantitative estimate of drug-likeness (QED) is 0.845. The van der Waals surface area contributed by atoms with Crippen molar-refractivity contribution in [3.05, 3.63) is 65.2 Å². The van der Waals surface area contributed by atoms with E-state index >= 15 is 0 Å². The van der Waals surface area contributed by atoms with Crippen LogP contribution >= 0.6 is 0 Å². The van der Waals surface area contributed by atoms with E-state index in [1.807, 2.05) is 31.2 Å². The average Bonchev–Trinajstić information content (AvgIpc) is 3.36. The summed E-state index contributed by atoms with van der Waals surface area (Å²) >= 11 is 0. The predicted molar refractivity (Wildman–Crippen MR) is 89.7 cm³/mol. The number of nitrogens with one attached hydrogen (secondary N) is 2. The first-order valence-electron chi connectivity index (χ1n) is 8.14. The molecule has 2 atom stereocenters. The fraction of sp³-hybridized carbons (Fsp3) is 0.316. The number of amides is 1. The van der Waals surface area contributed by atoms with Gasteiger partial charge in [0, 0.05) is 18.2 Å². The first-order chi connectivity index (χ1) is 11.6. The third-order valence-corrected chi connectivity index (χ3v) is 4.27. The molecule has 2 N–H and O–H groups in total. The van der Waals surface area contributed by atoms with Gasteiger partial charge in [0.1, 0.15) is 0 Å². The molecular weight excluding hydrogens is 310 g/mol. The molecule has 0 bridgehead atoms. The minimum atomic E-state index is -0.866. The molecule has 1 fully saturated rings. The molecule has 0 radical (unpaired) electrons. The van der Waals surface area contributed by atoms with E-state index in [9.17, 15) is 13.6 Å². The molecule has 0 heterocycles. The summed E-state index contributed by atoms with van der Waals surface area (Å²) in [7, 11) is 0. The van der Waals surface area contributed by atoms with Gasteiger partial charge in [0.25, 0.3) is 0 Å². The van der Waals surface area contributed by atoms with E-state index in [2.05, 4.69) is 10.6 Å². The van der Waals surface area contributed by atoms with Crippen LogP contribution in [0.5, 0.6) is 0 Å². The SMILES string of the molecule is CCNCc1cccc(NC(=O)C2CC2c2ccc(F)c(F)c2)c1. The summed E-state index contributed by atoms with van der Waals surface area (Å²) in [6.45, 7) is 3.67. The molecule has 5 heteroatoms. The van der Waals surface area contributed by atoms with E-state index in [-0.39, 0.29) is 17.7 Å². The maximum Gasteiger partial charge on any atom is 0.228 e. The van der Waals surface area contributed by atoms with Crippen LogP contribution in [-0.2, 0) is 11.3 Å². The Bertz CT molecular complexity index is 748. The second-order valence-corrected chi connectivity index (χ2v) is 6.09. The number of anilines is 1. The Morgan fingerprint density at radius 3 is 2.75 bits per heavy atom. The Morgan fingerprint density at radius 2 is 2.00 bits per heavy atom. The molecule has 1 aliphatic rings. The lowest BCUT2D eigenvalue weighted by atomic mass is 10.1. The van der Waals surface area contributed by atoms with Gasteiger partial charge in [-0.1, -0.05) is 25.1 Å². The highest BCUT2D eigenvalue weighted by Crippen LogP contribution is 2.48. The Hall–Kier alpha value is -2.27. The van der Waals surface area contributed by atoms with Crippen LogP contribution in [0.25, 0.3) is 0 Å². The van der Waals surface area contributed by atoms with Crippen molar-refractivity contribution in [1.82, 2.24) is 5.32 Å². The van der Waals surface area contributed by atoms with Gasteiger partial charge in [-0.2, -0.15) is 0 Å². The molecule has 0 aliphatic heterocycles. The van der Waals surface area contributed by atoms with Gasteiger partial charge in [-0.3, -0.25) is 4.79 Å². The van der Waals surface area contributed by atoms with Crippen molar-refractivity contribution in [2.24, 2.45) is 5.92 Å². The Kier molecular flexibility index (Phi) is 4.90. The van der Waals surface area contributed by atoms with Crippen molar-refractivity contribution in [2.75, 3.05) is 11.9 Å². The van der Waals surface area contributed by atoms with Crippen LogP contribution < -0.4 is 10.6 Å². The van der Waals surface area contributed by atoms with Gasteiger partial charge in [-0.05, 0) is 54.3 Å². The van der Waals surface area contributed by atoms with Crippen LogP contribution in [0, 0.1) is 17.6 Å². The summed E-state index contributed by atoms with van der Waals surface area (Å²) in [5.74, 6) is -2.03. The maximum atomic E-state index is 13.3. The maximum absolute atomic E-state index is 13.3. The van der Waals surface area contributed by atoms with E-state index in [1.54, 1.807) is 6.07 Å². The van der Waals surface area contributed by atoms with Crippen molar-refractivity contribution >= 4 is 11.6 Å². The molecule has 1 amide bonds. The molecule has 1 aliphatic carbocycles. The molecule has 0 spiro atoms. The van der Waals surface area contributed by atoms with Gasteiger partial charge in [-0.15, -0.1) is 0 Å². The molecule has 24 heavy (non-hydrogen) atoms. The van der Waals surface area contributed by atoms with Crippen molar-refractivity contribution in [3.63, 3.8) is 0 Å². The fourth-order valence-electron chi connectivity index (χ4n) is 2.86. The van der Waals surface area contributed by atoms with Gasteiger partial charge in [0.05, 0.1) is 0 Å². The van der Waals surface area contributed by atoms with E-state index in [0.29, 0.717) is 12.0 Å². The monoisotopic (exact) mass is 330 g/mol.